The van der Waals surface area contributed by atoms with Crippen LogP contribution in [-0.2, 0) is 4.79 Å². The smallest absolute Gasteiger partial charge is 0.139 e. The number of hydrogen-bond acceptors (Lipinski definition) is 1. The highest BCUT2D eigenvalue weighted by atomic mass is 16.1. The van der Waals surface area contributed by atoms with Crippen LogP contribution in [-0.4, -0.2) is 5.78 Å². The number of carbonyl (C=O) groups is 1. The Labute approximate surface area is 88.3 Å². The fraction of sp³-hybridized carbons (Fsp3) is 0.923. The molecule has 1 aliphatic carbocycles. The summed E-state index contributed by atoms with van der Waals surface area (Å²) >= 11 is 0. The third kappa shape index (κ3) is 2.59. The molecule has 1 saturated carbocycles. The first-order chi connectivity index (χ1) is 6.75. The molecule has 1 unspecified atom stereocenters. The summed E-state index contributed by atoms with van der Waals surface area (Å²) in [7, 11) is 0. The number of Topliss-reactive ketones (excluding diaryl/α,β-unsaturated/α-hetero) is 1. The van der Waals surface area contributed by atoms with Crippen LogP contribution in [0.5, 0.6) is 0 Å². The first kappa shape index (κ1) is 11.7. The number of hydrogen-bond donors (Lipinski definition) is 0. The standard InChI is InChI=1S/C13H24O/c1-3-5-6-7-10-13(4-2)11-8-9-12(13)14/h3-11H2,1-2H3. The van der Waals surface area contributed by atoms with Gasteiger partial charge in [0.1, 0.15) is 5.78 Å². The van der Waals surface area contributed by atoms with Crippen LogP contribution < -0.4 is 0 Å². The van der Waals surface area contributed by atoms with Crippen molar-refractivity contribution >= 4 is 5.78 Å². The SMILES string of the molecule is CCCCCCC1(CC)CCCC1=O. The second-order valence-corrected chi connectivity index (χ2v) is 4.72. The Bertz CT molecular complexity index is 186. The van der Waals surface area contributed by atoms with E-state index in [4.69, 9.17) is 0 Å². The van der Waals surface area contributed by atoms with Gasteiger partial charge in [0.15, 0.2) is 0 Å². The van der Waals surface area contributed by atoms with Crippen LogP contribution in [0.4, 0.5) is 0 Å². The maximum atomic E-state index is 11.8. The van der Waals surface area contributed by atoms with Gasteiger partial charge in [-0.05, 0) is 25.7 Å². The van der Waals surface area contributed by atoms with E-state index in [9.17, 15) is 4.79 Å². The molecular formula is C13H24O. The van der Waals surface area contributed by atoms with Crippen molar-refractivity contribution in [3.05, 3.63) is 0 Å². The number of carbonyl (C=O) groups excluding carboxylic acids is 1. The fourth-order valence-electron chi connectivity index (χ4n) is 2.70. The third-order valence-electron chi connectivity index (χ3n) is 3.84. The topological polar surface area (TPSA) is 17.1 Å². The van der Waals surface area contributed by atoms with Crippen molar-refractivity contribution in [3.63, 3.8) is 0 Å². The molecule has 0 N–H and O–H groups in total. The zero-order valence-corrected chi connectivity index (χ0v) is 9.77. The average Bonchev–Trinajstić information content (AvgIpc) is 2.56. The van der Waals surface area contributed by atoms with Gasteiger partial charge in [0, 0.05) is 11.8 Å². The van der Waals surface area contributed by atoms with Crippen LogP contribution in [0.2, 0.25) is 0 Å². The van der Waals surface area contributed by atoms with Crippen molar-refractivity contribution in [2.45, 2.75) is 71.6 Å². The first-order valence-corrected chi connectivity index (χ1v) is 6.28. The van der Waals surface area contributed by atoms with Crippen molar-refractivity contribution in [3.8, 4) is 0 Å². The largest absolute Gasteiger partial charge is 0.299 e. The third-order valence-corrected chi connectivity index (χ3v) is 3.84. The molecule has 1 atom stereocenters. The molecule has 0 heterocycles. The predicted octanol–water partition coefficient (Wildman–Crippen LogP) is 4.11. The van der Waals surface area contributed by atoms with Crippen LogP contribution in [0.1, 0.15) is 71.6 Å². The van der Waals surface area contributed by atoms with Crippen molar-refractivity contribution in [1.82, 2.24) is 0 Å². The van der Waals surface area contributed by atoms with Gasteiger partial charge >= 0.3 is 0 Å². The van der Waals surface area contributed by atoms with Gasteiger partial charge in [-0.1, -0.05) is 39.5 Å². The Balaban J connectivity index is 2.34. The molecular weight excluding hydrogens is 172 g/mol. The molecule has 0 spiro atoms. The maximum absolute atomic E-state index is 11.8. The molecule has 14 heavy (non-hydrogen) atoms. The molecule has 0 bridgehead atoms. The van der Waals surface area contributed by atoms with Gasteiger partial charge in [0.25, 0.3) is 0 Å². The molecule has 1 nitrogen and oxygen atoms in total. The van der Waals surface area contributed by atoms with Crippen LogP contribution in [0, 0.1) is 5.41 Å². The highest BCUT2D eigenvalue weighted by Crippen LogP contribution is 2.42. The first-order valence-electron chi connectivity index (χ1n) is 6.28. The molecule has 0 aromatic heterocycles. The highest BCUT2D eigenvalue weighted by Gasteiger charge is 2.39. The lowest BCUT2D eigenvalue weighted by molar-refractivity contribution is -0.126. The molecule has 1 fully saturated rings. The molecule has 1 rings (SSSR count). The van der Waals surface area contributed by atoms with E-state index in [1.807, 2.05) is 0 Å². The zero-order chi connectivity index (χ0) is 10.4. The van der Waals surface area contributed by atoms with Gasteiger partial charge in [-0.15, -0.1) is 0 Å². The molecule has 82 valence electrons. The van der Waals surface area contributed by atoms with Gasteiger partial charge in [0.05, 0.1) is 0 Å². The van der Waals surface area contributed by atoms with E-state index in [2.05, 4.69) is 13.8 Å². The molecule has 0 aromatic carbocycles. The van der Waals surface area contributed by atoms with E-state index in [-0.39, 0.29) is 5.41 Å². The van der Waals surface area contributed by atoms with E-state index in [0.29, 0.717) is 5.78 Å². The number of unbranched alkanes of at least 4 members (excludes halogenated alkanes) is 3. The van der Waals surface area contributed by atoms with Crippen molar-refractivity contribution in [2.75, 3.05) is 0 Å². The minimum Gasteiger partial charge on any atom is -0.299 e. The molecule has 0 aromatic rings. The van der Waals surface area contributed by atoms with E-state index in [0.717, 1.165) is 32.1 Å². The van der Waals surface area contributed by atoms with E-state index < -0.39 is 0 Å². The molecule has 1 aliphatic rings. The second kappa shape index (κ2) is 5.53. The lowest BCUT2D eigenvalue weighted by atomic mass is 9.78. The summed E-state index contributed by atoms with van der Waals surface area (Å²) in [6.07, 6.45) is 10.6. The van der Waals surface area contributed by atoms with Crippen LogP contribution in [0.3, 0.4) is 0 Å². The van der Waals surface area contributed by atoms with Gasteiger partial charge < -0.3 is 0 Å². The normalized spacial score (nSPS) is 27.1. The summed E-state index contributed by atoms with van der Waals surface area (Å²) in [6, 6.07) is 0. The monoisotopic (exact) mass is 196 g/mol. The Hall–Kier alpha value is -0.330. The summed E-state index contributed by atoms with van der Waals surface area (Å²) in [5.41, 5.74) is 0.105. The number of ketones is 1. The molecule has 0 aliphatic heterocycles. The lowest BCUT2D eigenvalue weighted by Crippen LogP contribution is -2.24. The molecule has 0 radical (unpaired) electrons. The van der Waals surface area contributed by atoms with Gasteiger partial charge in [-0.3, -0.25) is 4.79 Å². The van der Waals surface area contributed by atoms with Crippen molar-refractivity contribution < 1.29 is 4.79 Å². The molecule has 0 saturated heterocycles. The van der Waals surface area contributed by atoms with Crippen molar-refractivity contribution in [1.29, 1.82) is 0 Å². The summed E-state index contributed by atoms with van der Waals surface area (Å²) in [4.78, 5) is 11.8. The lowest BCUT2D eigenvalue weighted by Gasteiger charge is -2.25. The summed E-state index contributed by atoms with van der Waals surface area (Å²) in [6.45, 7) is 4.42. The van der Waals surface area contributed by atoms with Gasteiger partial charge in [-0.2, -0.15) is 0 Å². The maximum Gasteiger partial charge on any atom is 0.139 e. The van der Waals surface area contributed by atoms with Crippen LogP contribution >= 0.6 is 0 Å². The Morgan fingerprint density at radius 3 is 2.50 bits per heavy atom. The molecule has 1 heteroatoms. The second-order valence-electron chi connectivity index (χ2n) is 4.72. The van der Waals surface area contributed by atoms with E-state index in [1.165, 1.54) is 25.7 Å². The zero-order valence-electron chi connectivity index (χ0n) is 9.77. The Kier molecular flexibility index (Phi) is 4.64. The van der Waals surface area contributed by atoms with E-state index in [1.54, 1.807) is 0 Å². The Morgan fingerprint density at radius 1 is 1.21 bits per heavy atom. The Morgan fingerprint density at radius 2 is 2.00 bits per heavy atom. The summed E-state index contributed by atoms with van der Waals surface area (Å²) in [5.74, 6) is 0.552. The van der Waals surface area contributed by atoms with Gasteiger partial charge in [-0.25, -0.2) is 0 Å². The molecule has 0 amide bonds. The minimum absolute atomic E-state index is 0.105. The van der Waals surface area contributed by atoms with Crippen molar-refractivity contribution in [2.24, 2.45) is 5.41 Å². The van der Waals surface area contributed by atoms with Gasteiger partial charge in [0.2, 0.25) is 0 Å². The van der Waals surface area contributed by atoms with E-state index >= 15 is 0 Å². The predicted molar refractivity (Wildman–Crippen MR) is 60.3 cm³/mol. The average molecular weight is 196 g/mol. The number of rotatable bonds is 6. The fourth-order valence-corrected chi connectivity index (χ4v) is 2.70. The quantitative estimate of drug-likeness (QED) is 0.584. The van der Waals surface area contributed by atoms with Crippen LogP contribution in [0.25, 0.3) is 0 Å². The summed E-state index contributed by atoms with van der Waals surface area (Å²) in [5, 5.41) is 0. The highest BCUT2D eigenvalue weighted by molar-refractivity contribution is 5.86. The van der Waals surface area contributed by atoms with Crippen LogP contribution in [0.15, 0.2) is 0 Å². The summed E-state index contributed by atoms with van der Waals surface area (Å²) < 4.78 is 0. The minimum atomic E-state index is 0.105.